The molecule has 0 aliphatic heterocycles. The summed E-state index contributed by atoms with van der Waals surface area (Å²) in [5, 5.41) is 65.9. The van der Waals surface area contributed by atoms with Crippen LogP contribution >= 0.6 is 0 Å². The molecule has 13 heteroatoms. The highest BCUT2D eigenvalue weighted by Crippen LogP contribution is 2.36. The van der Waals surface area contributed by atoms with E-state index < -0.39 is 14.8 Å². The topological polar surface area (TPSA) is 190 Å². The molecule has 0 saturated carbocycles. The quantitative estimate of drug-likeness (QED) is 0.210. The summed E-state index contributed by atoms with van der Waals surface area (Å²) in [6.07, 6.45) is 0. The molecule has 194 valence electrons. The lowest BCUT2D eigenvalue weighted by atomic mass is 10.0. The number of nitro benzene ring substituents is 3. The lowest BCUT2D eigenvalue weighted by Crippen LogP contribution is -2.41. The monoisotopic (exact) mass is 513 g/mol. The van der Waals surface area contributed by atoms with Gasteiger partial charge in [0.05, 0.1) is 38.5 Å². The summed E-state index contributed by atoms with van der Waals surface area (Å²) in [7, 11) is 1.64. The van der Waals surface area contributed by atoms with E-state index >= 15 is 0 Å². The molecule has 3 aromatic carbocycles. The molecule has 13 nitrogen and oxygen atoms in total. The molecular formula is C24H25N4O9+. The molecular weight excluding hydrogens is 488 g/mol. The summed E-state index contributed by atoms with van der Waals surface area (Å²) in [6.45, 7) is 2.74. The molecule has 0 radical (unpaired) electrons. The number of aromatic hydroxyl groups is 3. The summed E-state index contributed by atoms with van der Waals surface area (Å²) < 4.78 is -0.183. The molecule has 0 heterocycles. The fraction of sp³-hybridized carbons (Fsp3) is 0.250. The van der Waals surface area contributed by atoms with Gasteiger partial charge in [-0.25, -0.2) is 0 Å². The van der Waals surface area contributed by atoms with E-state index in [-0.39, 0.29) is 86.2 Å². The summed E-state index contributed by atoms with van der Waals surface area (Å²) in [5.74, 6) is -0.635. The van der Waals surface area contributed by atoms with E-state index in [2.05, 4.69) is 0 Å². The van der Waals surface area contributed by atoms with Gasteiger partial charge >= 0.3 is 0 Å². The van der Waals surface area contributed by atoms with E-state index in [0.717, 1.165) is 6.07 Å². The zero-order chi connectivity index (χ0) is 27.7. The Balaban J connectivity index is 2.17. The maximum absolute atomic E-state index is 11.4. The summed E-state index contributed by atoms with van der Waals surface area (Å²) in [4.78, 5) is 32.3. The molecule has 0 saturated heterocycles. The first-order chi connectivity index (χ1) is 17.2. The Labute approximate surface area is 210 Å². The highest BCUT2D eigenvalue weighted by atomic mass is 16.6. The van der Waals surface area contributed by atoms with Gasteiger partial charge in [-0.05, 0) is 31.0 Å². The van der Waals surface area contributed by atoms with Crippen molar-refractivity contribution >= 4 is 17.1 Å². The molecule has 0 spiro atoms. The van der Waals surface area contributed by atoms with Crippen molar-refractivity contribution in [1.82, 2.24) is 0 Å². The van der Waals surface area contributed by atoms with Crippen molar-refractivity contribution < 1.29 is 34.6 Å². The van der Waals surface area contributed by atoms with Crippen molar-refractivity contribution in [2.45, 2.75) is 33.5 Å². The molecule has 0 atom stereocenters. The first-order valence-corrected chi connectivity index (χ1v) is 10.9. The lowest BCUT2D eigenvalue weighted by Gasteiger charge is -2.35. The van der Waals surface area contributed by atoms with E-state index in [1.54, 1.807) is 7.05 Å². The Bertz CT molecular complexity index is 1350. The number of nitrogens with zero attached hydrogens (tertiary/aromatic N) is 4. The van der Waals surface area contributed by atoms with Crippen LogP contribution in [0.3, 0.4) is 0 Å². The molecule has 0 amide bonds. The zero-order valence-electron chi connectivity index (χ0n) is 20.2. The average molecular weight is 513 g/mol. The number of phenols is 3. The summed E-state index contributed by atoms with van der Waals surface area (Å²) in [5.41, 5.74) is 0.239. The van der Waals surface area contributed by atoms with Gasteiger partial charge < -0.3 is 19.8 Å². The first kappa shape index (κ1) is 26.8. The number of rotatable bonds is 9. The van der Waals surface area contributed by atoms with Crippen LogP contribution in [0.4, 0.5) is 17.1 Å². The van der Waals surface area contributed by atoms with E-state index in [1.807, 2.05) is 0 Å². The smallest absolute Gasteiger partial charge is 0.270 e. The Morgan fingerprint density at radius 1 is 0.649 bits per heavy atom. The Hall–Kier alpha value is -4.78. The van der Waals surface area contributed by atoms with Gasteiger partial charge in [0.15, 0.2) is 0 Å². The number of benzene rings is 3. The minimum absolute atomic E-state index is 0.0857. The van der Waals surface area contributed by atoms with Crippen LogP contribution in [0.2, 0.25) is 0 Å². The third-order valence-electron chi connectivity index (χ3n) is 6.08. The van der Waals surface area contributed by atoms with Crippen LogP contribution in [-0.4, -0.2) is 41.6 Å². The third kappa shape index (κ3) is 5.90. The van der Waals surface area contributed by atoms with Gasteiger partial charge in [-0.3, -0.25) is 30.3 Å². The standard InChI is InChI=1S/C24H24N4O9/c1-14-6-20(26(34)35)9-17(23(14)30)12-28(3,11-16-8-19(25(32)33)4-5-22(16)29)13-18-10-21(27(36)37)7-15(2)24(18)31/h4-10H,11-13H2,1-3H3,(H2-,29,30,31)/p+1. The highest BCUT2D eigenvalue weighted by Gasteiger charge is 2.31. The summed E-state index contributed by atoms with van der Waals surface area (Å²) in [6, 6.07) is 8.31. The molecule has 0 aliphatic rings. The van der Waals surface area contributed by atoms with Gasteiger partial charge in [-0.15, -0.1) is 0 Å². The molecule has 0 aliphatic carbocycles. The lowest BCUT2D eigenvalue weighted by molar-refractivity contribution is -0.948. The Kier molecular flexibility index (Phi) is 7.30. The fourth-order valence-electron chi connectivity index (χ4n) is 4.33. The van der Waals surface area contributed by atoms with E-state index in [1.165, 1.54) is 50.2 Å². The third-order valence-corrected chi connectivity index (χ3v) is 6.08. The van der Waals surface area contributed by atoms with Crippen LogP contribution in [0.25, 0.3) is 0 Å². The van der Waals surface area contributed by atoms with Crippen molar-refractivity contribution in [3.05, 3.63) is 101 Å². The van der Waals surface area contributed by atoms with Crippen LogP contribution in [0, 0.1) is 44.2 Å². The number of non-ortho nitro benzene ring substituents is 3. The van der Waals surface area contributed by atoms with Crippen molar-refractivity contribution in [2.24, 2.45) is 0 Å². The number of hydrogen-bond donors (Lipinski definition) is 3. The normalized spacial score (nSPS) is 11.3. The maximum atomic E-state index is 11.4. The van der Waals surface area contributed by atoms with Gasteiger partial charge in [0.25, 0.3) is 17.1 Å². The van der Waals surface area contributed by atoms with Gasteiger partial charge in [0.1, 0.15) is 36.9 Å². The molecule has 3 rings (SSSR count). The maximum Gasteiger partial charge on any atom is 0.270 e. The molecule has 0 aromatic heterocycles. The first-order valence-electron chi connectivity index (χ1n) is 10.9. The van der Waals surface area contributed by atoms with Gasteiger partial charge in [-0.2, -0.15) is 0 Å². The number of phenolic OH excluding ortho intramolecular Hbond substituents is 3. The summed E-state index contributed by atoms with van der Waals surface area (Å²) >= 11 is 0. The van der Waals surface area contributed by atoms with Crippen molar-refractivity contribution in [3.8, 4) is 17.2 Å². The molecule has 0 fully saturated rings. The molecule has 3 aromatic rings. The van der Waals surface area contributed by atoms with Crippen LogP contribution in [0.5, 0.6) is 17.2 Å². The van der Waals surface area contributed by atoms with Crippen LogP contribution in [-0.2, 0) is 19.6 Å². The predicted molar refractivity (Wildman–Crippen MR) is 131 cm³/mol. The minimum Gasteiger partial charge on any atom is -0.507 e. The van der Waals surface area contributed by atoms with E-state index in [0.29, 0.717) is 0 Å². The Morgan fingerprint density at radius 3 is 1.43 bits per heavy atom. The van der Waals surface area contributed by atoms with Crippen molar-refractivity contribution in [3.63, 3.8) is 0 Å². The average Bonchev–Trinajstić information content (AvgIpc) is 2.80. The second-order valence-electron chi connectivity index (χ2n) is 9.22. The fourth-order valence-corrected chi connectivity index (χ4v) is 4.33. The van der Waals surface area contributed by atoms with Crippen LogP contribution in [0.15, 0.2) is 42.5 Å². The zero-order valence-corrected chi connectivity index (χ0v) is 20.2. The van der Waals surface area contributed by atoms with Crippen LogP contribution < -0.4 is 0 Å². The molecule has 0 bridgehead atoms. The van der Waals surface area contributed by atoms with E-state index in [4.69, 9.17) is 0 Å². The molecule has 0 unspecified atom stereocenters. The van der Waals surface area contributed by atoms with Crippen molar-refractivity contribution in [2.75, 3.05) is 7.05 Å². The Morgan fingerprint density at radius 2 is 1.03 bits per heavy atom. The number of nitro groups is 3. The highest BCUT2D eigenvalue weighted by molar-refractivity contribution is 5.50. The second-order valence-corrected chi connectivity index (χ2v) is 9.22. The van der Waals surface area contributed by atoms with Crippen LogP contribution in [0.1, 0.15) is 27.8 Å². The number of aryl methyl sites for hydroxylation is 2. The minimum atomic E-state index is -0.626. The number of quaternary nitrogens is 1. The predicted octanol–water partition coefficient (Wildman–Crippen LogP) is 4.49. The SMILES string of the molecule is Cc1cc([N+](=O)[O-])cc(C[N+](C)(Cc2cc([N+](=O)[O-])ccc2O)Cc2cc([N+](=O)[O-])cc(C)c2O)c1O. The number of hydrogen-bond acceptors (Lipinski definition) is 9. The second kappa shape index (κ2) is 10.1. The van der Waals surface area contributed by atoms with Gasteiger partial charge in [0.2, 0.25) is 0 Å². The van der Waals surface area contributed by atoms with Gasteiger partial charge in [0, 0.05) is 36.4 Å². The van der Waals surface area contributed by atoms with E-state index in [9.17, 15) is 45.7 Å². The largest absolute Gasteiger partial charge is 0.507 e. The van der Waals surface area contributed by atoms with Crippen molar-refractivity contribution in [1.29, 1.82) is 0 Å². The van der Waals surface area contributed by atoms with Gasteiger partial charge in [-0.1, -0.05) is 0 Å². The molecule has 3 N–H and O–H groups in total. The molecule has 37 heavy (non-hydrogen) atoms.